The summed E-state index contributed by atoms with van der Waals surface area (Å²) in [4.78, 5) is 14.2. The molecule has 3 N–H and O–H groups in total. The van der Waals surface area contributed by atoms with Gasteiger partial charge in [0.05, 0.1) is 11.4 Å². The van der Waals surface area contributed by atoms with Crippen LogP contribution < -0.4 is 16.0 Å². The van der Waals surface area contributed by atoms with Crippen LogP contribution in [0.5, 0.6) is 0 Å². The van der Waals surface area contributed by atoms with Crippen LogP contribution >= 0.6 is 11.6 Å². The molecule has 0 fully saturated rings. The summed E-state index contributed by atoms with van der Waals surface area (Å²) in [5, 5.41) is 3.47. The maximum absolute atomic E-state index is 12.3. The van der Waals surface area contributed by atoms with Crippen molar-refractivity contribution < 1.29 is 4.79 Å². The Morgan fingerprint density at radius 1 is 1.19 bits per heavy atom. The van der Waals surface area contributed by atoms with E-state index in [0.29, 0.717) is 22.8 Å². The molecule has 5 heteroatoms. The number of hydrogen-bond acceptors (Lipinski definition) is 3. The second kappa shape index (κ2) is 6.61. The quantitative estimate of drug-likeness (QED) is 0.912. The van der Waals surface area contributed by atoms with E-state index in [1.54, 1.807) is 24.3 Å². The van der Waals surface area contributed by atoms with E-state index in [1.807, 2.05) is 37.2 Å². The number of benzene rings is 2. The molecule has 0 saturated heterocycles. The Kier molecular flexibility index (Phi) is 4.83. The molecular weight excluding hydrogens is 286 g/mol. The smallest absolute Gasteiger partial charge is 0.255 e. The first kappa shape index (κ1) is 15.4. The monoisotopic (exact) mass is 303 g/mol. The third-order valence-corrected chi connectivity index (χ3v) is 3.38. The van der Waals surface area contributed by atoms with Crippen LogP contribution in [0.4, 0.5) is 11.4 Å². The molecule has 21 heavy (non-hydrogen) atoms. The first-order valence-corrected chi connectivity index (χ1v) is 6.96. The van der Waals surface area contributed by atoms with Gasteiger partial charge in [0.25, 0.3) is 5.91 Å². The summed E-state index contributed by atoms with van der Waals surface area (Å²) < 4.78 is 0. The van der Waals surface area contributed by atoms with Gasteiger partial charge in [0.2, 0.25) is 0 Å². The minimum Gasteiger partial charge on any atom is -0.376 e. The molecule has 2 rings (SSSR count). The van der Waals surface area contributed by atoms with Crippen LogP contribution in [0.15, 0.2) is 42.5 Å². The number of carbonyl (C=O) groups excluding carboxylic acids is 1. The Morgan fingerprint density at radius 2 is 1.86 bits per heavy atom. The highest BCUT2D eigenvalue weighted by atomic mass is 35.5. The van der Waals surface area contributed by atoms with E-state index in [2.05, 4.69) is 5.32 Å². The van der Waals surface area contributed by atoms with E-state index in [9.17, 15) is 4.79 Å². The second-order valence-corrected chi connectivity index (χ2v) is 5.35. The highest BCUT2D eigenvalue weighted by Gasteiger charge is 2.11. The topological polar surface area (TPSA) is 58.4 Å². The van der Waals surface area contributed by atoms with E-state index in [4.69, 9.17) is 17.3 Å². The summed E-state index contributed by atoms with van der Waals surface area (Å²) in [5.41, 5.74) is 8.69. The molecule has 2 aromatic carbocycles. The largest absolute Gasteiger partial charge is 0.376 e. The molecule has 0 radical (unpaired) electrons. The van der Waals surface area contributed by atoms with Gasteiger partial charge in [-0.1, -0.05) is 23.7 Å². The van der Waals surface area contributed by atoms with Gasteiger partial charge in [0, 0.05) is 31.2 Å². The fourth-order valence-electron chi connectivity index (χ4n) is 1.99. The number of carbonyl (C=O) groups is 1. The Balaban J connectivity index is 2.24. The van der Waals surface area contributed by atoms with Gasteiger partial charge in [-0.3, -0.25) is 4.79 Å². The van der Waals surface area contributed by atoms with Crippen molar-refractivity contribution in [1.29, 1.82) is 0 Å². The zero-order chi connectivity index (χ0) is 15.4. The van der Waals surface area contributed by atoms with Crippen molar-refractivity contribution in [2.45, 2.75) is 6.54 Å². The van der Waals surface area contributed by atoms with Crippen molar-refractivity contribution in [3.63, 3.8) is 0 Å². The zero-order valence-electron chi connectivity index (χ0n) is 12.1. The van der Waals surface area contributed by atoms with E-state index < -0.39 is 0 Å². The van der Waals surface area contributed by atoms with E-state index in [0.717, 1.165) is 11.3 Å². The van der Waals surface area contributed by atoms with Crippen molar-refractivity contribution in [3.05, 3.63) is 58.6 Å². The van der Waals surface area contributed by atoms with Crippen molar-refractivity contribution in [3.8, 4) is 0 Å². The third kappa shape index (κ3) is 3.74. The summed E-state index contributed by atoms with van der Waals surface area (Å²) in [5.74, 6) is -0.177. The highest BCUT2D eigenvalue weighted by molar-refractivity contribution is 6.31. The molecule has 0 aliphatic carbocycles. The van der Waals surface area contributed by atoms with Crippen LogP contribution in [0.25, 0.3) is 0 Å². The number of halogens is 1. The lowest BCUT2D eigenvalue weighted by molar-refractivity contribution is 0.102. The fourth-order valence-corrected chi connectivity index (χ4v) is 2.16. The molecule has 0 bridgehead atoms. The summed E-state index contributed by atoms with van der Waals surface area (Å²) >= 11 is 6.01. The van der Waals surface area contributed by atoms with Gasteiger partial charge >= 0.3 is 0 Å². The maximum atomic E-state index is 12.3. The summed E-state index contributed by atoms with van der Waals surface area (Å²) in [6.45, 7) is 0.459. The molecule has 0 aromatic heterocycles. The summed E-state index contributed by atoms with van der Waals surface area (Å²) in [6.07, 6.45) is 0. The predicted molar refractivity (Wildman–Crippen MR) is 88.1 cm³/mol. The maximum Gasteiger partial charge on any atom is 0.255 e. The number of nitrogens with one attached hydrogen (secondary N) is 1. The zero-order valence-corrected chi connectivity index (χ0v) is 12.8. The average Bonchev–Trinajstić information content (AvgIpc) is 2.47. The number of nitrogens with two attached hydrogens (primary N) is 1. The van der Waals surface area contributed by atoms with Crippen LogP contribution in [0.1, 0.15) is 15.9 Å². The number of amides is 1. The van der Waals surface area contributed by atoms with Crippen LogP contribution in [0, 0.1) is 0 Å². The van der Waals surface area contributed by atoms with Gasteiger partial charge in [-0.15, -0.1) is 0 Å². The number of nitrogens with zero attached hydrogens (tertiary/aromatic N) is 1. The van der Waals surface area contributed by atoms with Crippen molar-refractivity contribution in [2.75, 3.05) is 24.3 Å². The van der Waals surface area contributed by atoms with Gasteiger partial charge in [-0.05, 0) is 35.9 Å². The highest BCUT2D eigenvalue weighted by Crippen LogP contribution is 2.28. The molecule has 0 heterocycles. The van der Waals surface area contributed by atoms with Crippen molar-refractivity contribution in [1.82, 2.24) is 0 Å². The van der Waals surface area contributed by atoms with Crippen LogP contribution in [0.3, 0.4) is 0 Å². The molecule has 0 aliphatic heterocycles. The molecule has 0 spiro atoms. The SMILES string of the molecule is CN(C)c1ccc(Cl)cc1NC(=O)c1ccc(CN)cc1. The molecule has 0 atom stereocenters. The lowest BCUT2D eigenvalue weighted by Gasteiger charge is -2.18. The first-order valence-electron chi connectivity index (χ1n) is 6.58. The van der Waals surface area contributed by atoms with E-state index in [-0.39, 0.29) is 5.91 Å². The Hall–Kier alpha value is -2.04. The molecule has 0 aliphatic rings. The number of rotatable bonds is 4. The molecule has 4 nitrogen and oxygen atoms in total. The number of anilines is 2. The molecule has 110 valence electrons. The lowest BCUT2D eigenvalue weighted by Crippen LogP contribution is -2.16. The van der Waals surface area contributed by atoms with Crippen LogP contribution in [-0.2, 0) is 6.54 Å². The minimum atomic E-state index is -0.177. The summed E-state index contributed by atoms with van der Waals surface area (Å²) in [6, 6.07) is 12.6. The van der Waals surface area contributed by atoms with Crippen LogP contribution in [-0.4, -0.2) is 20.0 Å². The normalized spacial score (nSPS) is 10.3. The van der Waals surface area contributed by atoms with E-state index >= 15 is 0 Å². The Bertz CT molecular complexity index is 638. The molecular formula is C16H18ClN3O. The Morgan fingerprint density at radius 3 is 2.43 bits per heavy atom. The number of hydrogen-bond donors (Lipinski definition) is 2. The minimum absolute atomic E-state index is 0.177. The van der Waals surface area contributed by atoms with Gasteiger partial charge in [-0.2, -0.15) is 0 Å². The fraction of sp³-hybridized carbons (Fsp3) is 0.188. The van der Waals surface area contributed by atoms with E-state index in [1.165, 1.54) is 0 Å². The molecule has 0 saturated carbocycles. The standard InChI is InChI=1S/C16H18ClN3O/c1-20(2)15-8-7-13(17)9-14(15)19-16(21)12-5-3-11(10-18)4-6-12/h3-9H,10,18H2,1-2H3,(H,19,21). The van der Waals surface area contributed by atoms with Crippen LogP contribution in [0.2, 0.25) is 5.02 Å². The molecule has 0 unspecified atom stereocenters. The third-order valence-electron chi connectivity index (χ3n) is 3.14. The lowest BCUT2D eigenvalue weighted by atomic mass is 10.1. The first-order chi connectivity index (χ1) is 10.0. The molecule has 1 amide bonds. The van der Waals surface area contributed by atoms with Crippen molar-refractivity contribution in [2.24, 2.45) is 5.73 Å². The predicted octanol–water partition coefficient (Wildman–Crippen LogP) is 3.12. The molecule has 2 aromatic rings. The van der Waals surface area contributed by atoms with Crippen molar-refractivity contribution >= 4 is 28.9 Å². The second-order valence-electron chi connectivity index (χ2n) is 4.91. The average molecular weight is 304 g/mol. The van der Waals surface area contributed by atoms with Gasteiger partial charge in [0.15, 0.2) is 0 Å². The van der Waals surface area contributed by atoms with Gasteiger partial charge < -0.3 is 16.0 Å². The van der Waals surface area contributed by atoms with Gasteiger partial charge in [0.1, 0.15) is 0 Å². The Labute approximate surface area is 129 Å². The summed E-state index contributed by atoms with van der Waals surface area (Å²) in [7, 11) is 3.82. The van der Waals surface area contributed by atoms with Gasteiger partial charge in [-0.25, -0.2) is 0 Å².